The Labute approximate surface area is 148 Å². The summed E-state index contributed by atoms with van der Waals surface area (Å²) in [5.74, 6) is 0.291. The highest BCUT2D eigenvalue weighted by Gasteiger charge is 2.10. The van der Waals surface area contributed by atoms with Crippen molar-refractivity contribution in [2.24, 2.45) is 0 Å². The van der Waals surface area contributed by atoms with Crippen LogP contribution in [0.5, 0.6) is 0 Å². The van der Waals surface area contributed by atoms with E-state index in [2.05, 4.69) is 15.5 Å². The van der Waals surface area contributed by atoms with Gasteiger partial charge in [0.15, 0.2) is 0 Å². The van der Waals surface area contributed by atoms with Crippen LogP contribution in [0.2, 0.25) is 5.02 Å². The normalized spacial score (nSPS) is 10.6. The van der Waals surface area contributed by atoms with Crippen LogP contribution in [0.4, 0.5) is 4.39 Å². The van der Waals surface area contributed by atoms with Crippen LogP contribution in [0.1, 0.15) is 17.9 Å². The first-order chi connectivity index (χ1) is 12.1. The lowest BCUT2D eigenvalue weighted by Crippen LogP contribution is -2.23. The van der Waals surface area contributed by atoms with Crippen molar-refractivity contribution >= 4 is 17.5 Å². The molecule has 5 nitrogen and oxygen atoms in total. The standard InChI is InChI=1S/C18H15ClFN3O2/c19-14-5-1-12(2-6-14)11-21-16(24)9-10-17-22-18(23-25-17)13-3-7-15(20)8-4-13/h1-8H,9-11H2,(H,21,24). The summed E-state index contributed by atoms with van der Waals surface area (Å²) in [6, 6.07) is 13.1. The Hall–Kier alpha value is -2.73. The van der Waals surface area contributed by atoms with Crippen molar-refractivity contribution in [3.05, 3.63) is 70.8 Å². The molecule has 0 spiro atoms. The van der Waals surface area contributed by atoms with Crippen molar-refractivity contribution in [2.45, 2.75) is 19.4 Å². The predicted molar refractivity (Wildman–Crippen MR) is 91.3 cm³/mol. The van der Waals surface area contributed by atoms with E-state index in [9.17, 15) is 9.18 Å². The van der Waals surface area contributed by atoms with Crippen molar-refractivity contribution in [3.63, 3.8) is 0 Å². The fraction of sp³-hybridized carbons (Fsp3) is 0.167. The van der Waals surface area contributed by atoms with Crippen LogP contribution in [0.25, 0.3) is 11.4 Å². The van der Waals surface area contributed by atoms with Crippen molar-refractivity contribution in [3.8, 4) is 11.4 Å². The van der Waals surface area contributed by atoms with Gasteiger partial charge in [-0.05, 0) is 42.0 Å². The lowest BCUT2D eigenvalue weighted by atomic mass is 10.2. The minimum absolute atomic E-state index is 0.114. The first-order valence-electron chi connectivity index (χ1n) is 7.70. The van der Waals surface area contributed by atoms with E-state index >= 15 is 0 Å². The maximum atomic E-state index is 12.9. The molecule has 2 aromatic carbocycles. The minimum atomic E-state index is -0.329. The lowest BCUT2D eigenvalue weighted by molar-refractivity contribution is -0.121. The molecule has 0 unspecified atom stereocenters. The summed E-state index contributed by atoms with van der Waals surface area (Å²) in [6.07, 6.45) is 0.569. The molecule has 3 rings (SSSR count). The van der Waals surface area contributed by atoms with E-state index < -0.39 is 0 Å². The number of carbonyl (C=O) groups is 1. The first kappa shape index (κ1) is 17.1. The van der Waals surface area contributed by atoms with Crippen LogP contribution >= 0.6 is 11.6 Å². The van der Waals surface area contributed by atoms with Crippen molar-refractivity contribution in [2.75, 3.05) is 0 Å². The Morgan fingerprint density at radius 2 is 1.84 bits per heavy atom. The van der Waals surface area contributed by atoms with Gasteiger partial charge in [0.05, 0.1) is 0 Å². The van der Waals surface area contributed by atoms with Crippen LogP contribution in [-0.4, -0.2) is 16.0 Å². The lowest BCUT2D eigenvalue weighted by Gasteiger charge is -2.04. The molecule has 0 saturated heterocycles. The Bertz CT molecular complexity index is 848. The van der Waals surface area contributed by atoms with Crippen LogP contribution in [0.15, 0.2) is 53.1 Å². The van der Waals surface area contributed by atoms with E-state index in [0.717, 1.165) is 5.56 Å². The number of nitrogens with one attached hydrogen (secondary N) is 1. The Kier molecular flexibility index (Phi) is 5.40. The molecule has 3 aromatic rings. The van der Waals surface area contributed by atoms with Gasteiger partial charge in [0.25, 0.3) is 0 Å². The Balaban J connectivity index is 1.49. The van der Waals surface area contributed by atoms with Gasteiger partial charge in [0.2, 0.25) is 17.6 Å². The molecule has 1 N–H and O–H groups in total. The summed E-state index contributed by atoms with van der Waals surface area (Å²) in [4.78, 5) is 16.1. The van der Waals surface area contributed by atoms with Crippen LogP contribution in [0.3, 0.4) is 0 Å². The summed E-state index contributed by atoms with van der Waals surface area (Å²) in [7, 11) is 0. The number of halogens is 2. The zero-order valence-electron chi connectivity index (χ0n) is 13.2. The molecule has 0 aliphatic carbocycles. The van der Waals surface area contributed by atoms with Crippen LogP contribution in [0, 0.1) is 5.82 Å². The molecule has 1 amide bonds. The van der Waals surface area contributed by atoms with Crippen molar-refractivity contribution < 1.29 is 13.7 Å². The number of nitrogens with zero attached hydrogens (tertiary/aromatic N) is 2. The zero-order chi connectivity index (χ0) is 17.6. The van der Waals surface area contributed by atoms with Gasteiger partial charge in [-0.15, -0.1) is 0 Å². The summed E-state index contributed by atoms with van der Waals surface area (Å²) in [6.45, 7) is 0.431. The van der Waals surface area contributed by atoms with E-state index in [1.54, 1.807) is 24.3 Å². The minimum Gasteiger partial charge on any atom is -0.352 e. The molecular formula is C18H15ClFN3O2. The van der Waals surface area contributed by atoms with E-state index in [0.29, 0.717) is 35.3 Å². The van der Waals surface area contributed by atoms with Crippen molar-refractivity contribution in [1.29, 1.82) is 0 Å². The first-order valence-corrected chi connectivity index (χ1v) is 8.07. The molecule has 0 fully saturated rings. The van der Waals surface area contributed by atoms with Gasteiger partial charge in [-0.1, -0.05) is 28.9 Å². The maximum absolute atomic E-state index is 12.9. The molecular weight excluding hydrogens is 345 g/mol. The van der Waals surface area contributed by atoms with Gasteiger partial charge in [-0.3, -0.25) is 4.79 Å². The van der Waals surface area contributed by atoms with Gasteiger partial charge >= 0.3 is 0 Å². The number of amides is 1. The number of carbonyl (C=O) groups excluding carboxylic acids is 1. The van der Waals surface area contributed by atoms with E-state index in [4.69, 9.17) is 16.1 Å². The monoisotopic (exact) mass is 359 g/mol. The molecule has 0 aliphatic heterocycles. The second-order valence-corrected chi connectivity index (χ2v) is 5.86. The highest BCUT2D eigenvalue weighted by atomic mass is 35.5. The third-order valence-electron chi connectivity index (χ3n) is 3.54. The average Bonchev–Trinajstić information content (AvgIpc) is 3.09. The zero-order valence-corrected chi connectivity index (χ0v) is 14.0. The quantitative estimate of drug-likeness (QED) is 0.727. The van der Waals surface area contributed by atoms with Crippen LogP contribution < -0.4 is 5.32 Å². The van der Waals surface area contributed by atoms with E-state index in [1.165, 1.54) is 12.1 Å². The third kappa shape index (κ3) is 4.87. The Morgan fingerprint density at radius 3 is 2.56 bits per heavy atom. The summed E-state index contributed by atoms with van der Waals surface area (Å²) in [5.41, 5.74) is 1.62. The second-order valence-electron chi connectivity index (χ2n) is 5.42. The number of hydrogen-bond donors (Lipinski definition) is 1. The molecule has 1 aromatic heterocycles. The van der Waals surface area contributed by atoms with Gasteiger partial charge < -0.3 is 9.84 Å². The third-order valence-corrected chi connectivity index (χ3v) is 3.79. The predicted octanol–water partition coefficient (Wildman–Crippen LogP) is 3.78. The SMILES string of the molecule is O=C(CCc1nc(-c2ccc(F)cc2)no1)NCc1ccc(Cl)cc1. The fourth-order valence-electron chi connectivity index (χ4n) is 2.18. The van der Waals surface area contributed by atoms with Gasteiger partial charge in [-0.2, -0.15) is 4.98 Å². The van der Waals surface area contributed by atoms with Crippen molar-refractivity contribution in [1.82, 2.24) is 15.5 Å². The van der Waals surface area contributed by atoms with Gasteiger partial charge in [0, 0.05) is 30.0 Å². The molecule has 0 aliphatic rings. The molecule has 0 saturated carbocycles. The van der Waals surface area contributed by atoms with Gasteiger partial charge in [-0.25, -0.2) is 4.39 Å². The Morgan fingerprint density at radius 1 is 1.12 bits per heavy atom. The van der Waals surface area contributed by atoms with E-state index in [-0.39, 0.29) is 18.1 Å². The molecule has 0 bridgehead atoms. The molecule has 0 radical (unpaired) electrons. The smallest absolute Gasteiger partial charge is 0.227 e. The van der Waals surface area contributed by atoms with Crippen LogP contribution in [-0.2, 0) is 17.8 Å². The number of hydrogen-bond acceptors (Lipinski definition) is 4. The maximum Gasteiger partial charge on any atom is 0.227 e. The fourth-order valence-corrected chi connectivity index (χ4v) is 2.31. The molecule has 25 heavy (non-hydrogen) atoms. The number of rotatable bonds is 6. The van der Waals surface area contributed by atoms with Gasteiger partial charge in [0.1, 0.15) is 5.82 Å². The largest absolute Gasteiger partial charge is 0.352 e. The summed E-state index contributed by atoms with van der Waals surface area (Å²) < 4.78 is 18.0. The van der Waals surface area contributed by atoms with E-state index in [1.807, 2.05) is 12.1 Å². The summed E-state index contributed by atoms with van der Waals surface area (Å²) >= 11 is 5.82. The number of benzene rings is 2. The summed E-state index contributed by atoms with van der Waals surface area (Å²) in [5, 5.41) is 7.32. The highest BCUT2D eigenvalue weighted by molar-refractivity contribution is 6.30. The number of aromatic nitrogens is 2. The average molecular weight is 360 g/mol. The highest BCUT2D eigenvalue weighted by Crippen LogP contribution is 2.16. The molecule has 0 atom stereocenters. The number of aryl methyl sites for hydroxylation is 1. The molecule has 1 heterocycles. The topological polar surface area (TPSA) is 68.0 Å². The molecule has 7 heteroatoms. The molecule has 128 valence electrons. The second kappa shape index (κ2) is 7.90.